The quantitative estimate of drug-likeness (QED) is 0.582. The van der Waals surface area contributed by atoms with Crippen LogP contribution in [0.2, 0.25) is 0 Å². The molecule has 1 heterocycles. The number of carbonyl (C=O) groups excluding carboxylic acids is 3. The maximum absolute atomic E-state index is 12.0. The molecular formula is C15H17N2NaO5. The number of anilines is 2. The normalized spacial score (nSPS) is 13.0. The maximum Gasteiger partial charge on any atom is 1.00 e. The molecule has 2 N–H and O–H groups in total. The molecule has 1 aliphatic heterocycles. The van der Waals surface area contributed by atoms with Crippen LogP contribution in [0.15, 0.2) is 18.2 Å². The Morgan fingerprint density at radius 2 is 2.04 bits per heavy atom. The summed E-state index contributed by atoms with van der Waals surface area (Å²) in [5, 5.41) is 16.0. The van der Waals surface area contributed by atoms with Crippen molar-refractivity contribution in [2.75, 3.05) is 17.2 Å². The third-order valence-corrected chi connectivity index (χ3v) is 3.16. The fraction of sp³-hybridized carbons (Fsp3) is 0.400. The number of carboxylic acids is 1. The van der Waals surface area contributed by atoms with Gasteiger partial charge in [0, 0.05) is 24.1 Å². The van der Waals surface area contributed by atoms with Gasteiger partial charge in [-0.2, -0.15) is 0 Å². The second-order valence-electron chi connectivity index (χ2n) is 5.99. The van der Waals surface area contributed by atoms with Crippen molar-refractivity contribution in [2.45, 2.75) is 26.7 Å². The van der Waals surface area contributed by atoms with E-state index >= 15 is 0 Å². The van der Waals surface area contributed by atoms with Crippen molar-refractivity contribution in [3.05, 3.63) is 18.2 Å². The van der Waals surface area contributed by atoms with Crippen LogP contribution in [-0.2, 0) is 14.4 Å². The van der Waals surface area contributed by atoms with E-state index in [-0.39, 0.29) is 60.8 Å². The molecule has 0 atom stereocenters. The molecule has 0 unspecified atom stereocenters. The molecule has 7 nitrogen and oxygen atoms in total. The van der Waals surface area contributed by atoms with Gasteiger partial charge in [0.1, 0.15) is 5.75 Å². The van der Waals surface area contributed by atoms with Gasteiger partial charge in [-0.25, -0.2) is 0 Å². The minimum atomic E-state index is -1.18. The van der Waals surface area contributed by atoms with E-state index in [1.165, 1.54) is 0 Å². The minimum Gasteiger partial charge on any atom is -0.550 e. The van der Waals surface area contributed by atoms with Gasteiger partial charge in [0.15, 0.2) is 6.61 Å². The summed E-state index contributed by atoms with van der Waals surface area (Å²) >= 11 is 0. The Morgan fingerprint density at radius 3 is 2.70 bits per heavy atom. The van der Waals surface area contributed by atoms with Crippen molar-refractivity contribution in [3.63, 3.8) is 0 Å². The maximum atomic E-state index is 12.0. The van der Waals surface area contributed by atoms with Crippen LogP contribution in [0, 0.1) is 5.41 Å². The molecule has 2 amide bonds. The fourth-order valence-corrected chi connectivity index (χ4v) is 2.25. The number of carbonyl (C=O) groups is 3. The van der Waals surface area contributed by atoms with Crippen LogP contribution in [0.4, 0.5) is 11.4 Å². The molecule has 0 fully saturated rings. The first-order valence-electron chi connectivity index (χ1n) is 6.82. The molecule has 2 rings (SSSR count). The van der Waals surface area contributed by atoms with E-state index in [1.807, 2.05) is 0 Å². The Labute approximate surface area is 156 Å². The first kappa shape index (κ1) is 19.5. The zero-order chi connectivity index (χ0) is 16.3. The molecule has 0 spiro atoms. The summed E-state index contributed by atoms with van der Waals surface area (Å²) in [5.41, 5.74) is 0.373. The molecule has 0 radical (unpaired) electrons. The molecule has 0 aliphatic carbocycles. The summed E-state index contributed by atoms with van der Waals surface area (Å²) in [5.74, 6) is -1.23. The van der Waals surface area contributed by atoms with Gasteiger partial charge in [-0.3, -0.25) is 9.59 Å². The Morgan fingerprint density at radius 1 is 1.35 bits per heavy atom. The summed E-state index contributed by atoms with van der Waals surface area (Å²) in [6, 6.07) is 4.88. The Balaban J connectivity index is 0.00000264. The monoisotopic (exact) mass is 328 g/mol. The van der Waals surface area contributed by atoms with Crippen molar-refractivity contribution in [1.82, 2.24) is 0 Å². The van der Waals surface area contributed by atoms with Gasteiger partial charge in [0.05, 0.1) is 5.69 Å². The Hall–Kier alpha value is -1.57. The van der Waals surface area contributed by atoms with E-state index in [4.69, 9.17) is 4.74 Å². The van der Waals surface area contributed by atoms with Crippen LogP contribution in [-0.4, -0.2) is 24.4 Å². The number of hydrogen-bond acceptors (Lipinski definition) is 5. The SMILES string of the molecule is CC(C)(CC(=O)[O-])CC(=O)Nc1ccc2c(c1)OCC(=O)N2.[Na+]. The molecule has 0 saturated heterocycles. The summed E-state index contributed by atoms with van der Waals surface area (Å²) in [6.45, 7) is 3.31. The molecule has 1 aromatic carbocycles. The van der Waals surface area contributed by atoms with Crippen LogP contribution >= 0.6 is 0 Å². The van der Waals surface area contributed by atoms with E-state index in [0.29, 0.717) is 17.1 Å². The van der Waals surface area contributed by atoms with E-state index in [1.54, 1.807) is 32.0 Å². The van der Waals surface area contributed by atoms with Gasteiger partial charge < -0.3 is 25.3 Å². The fourth-order valence-electron chi connectivity index (χ4n) is 2.25. The van der Waals surface area contributed by atoms with Crippen molar-refractivity contribution >= 4 is 29.2 Å². The van der Waals surface area contributed by atoms with Crippen LogP contribution in [0.25, 0.3) is 0 Å². The number of hydrogen-bond donors (Lipinski definition) is 2. The first-order chi connectivity index (χ1) is 10.2. The summed E-state index contributed by atoms with van der Waals surface area (Å²) < 4.78 is 5.26. The largest absolute Gasteiger partial charge is 1.00 e. The Bertz CT molecular complexity index is 630. The third kappa shape index (κ3) is 5.85. The number of fused-ring (bicyclic) bond motifs is 1. The van der Waals surface area contributed by atoms with E-state index in [2.05, 4.69) is 10.6 Å². The molecule has 118 valence electrons. The van der Waals surface area contributed by atoms with Gasteiger partial charge in [0.2, 0.25) is 5.91 Å². The van der Waals surface area contributed by atoms with Crippen molar-refractivity contribution in [1.29, 1.82) is 0 Å². The van der Waals surface area contributed by atoms with Crippen molar-refractivity contribution in [3.8, 4) is 5.75 Å². The zero-order valence-electron chi connectivity index (χ0n) is 13.4. The summed E-state index contributed by atoms with van der Waals surface area (Å²) in [6.07, 6.45) is -0.143. The average molecular weight is 328 g/mol. The van der Waals surface area contributed by atoms with Crippen molar-refractivity contribution in [2.24, 2.45) is 5.41 Å². The molecule has 1 aliphatic rings. The Kier molecular flexibility index (Phi) is 6.61. The minimum absolute atomic E-state index is 0. The van der Waals surface area contributed by atoms with Gasteiger partial charge >= 0.3 is 29.6 Å². The summed E-state index contributed by atoms with van der Waals surface area (Å²) in [4.78, 5) is 33.8. The molecule has 8 heteroatoms. The summed E-state index contributed by atoms with van der Waals surface area (Å²) in [7, 11) is 0. The average Bonchev–Trinajstić information content (AvgIpc) is 2.36. The van der Waals surface area contributed by atoms with Gasteiger partial charge in [-0.15, -0.1) is 0 Å². The molecule has 23 heavy (non-hydrogen) atoms. The second-order valence-corrected chi connectivity index (χ2v) is 5.99. The number of nitrogens with one attached hydrogen (secondary N) is 2. The van der Waals surface area contributed by atoms with Crippen LogP contribution in [0.3, 0.4) is 0 Å². The number of benzene rings is 1. The van der Waals surface area contributed by atoms with Gasteiger partial charge in [0.25, 0.3) is 5.91 Å². The third-order valence-electron chi connectivity index (χ3n) is 3.16. The number of amides is 2. The molecule has 0 saturated carbocycles. The second kappa shape index (κ2) is 7.81. The molecule has 0 aromatic heterocycles. The van der Waals surface area contributed by atoms with Crippen molar-refractivity contribution < 1.29 is 53.8 Å². The van der Waals surface area contributed by atoms with E-state index in [0.717, 1.165) is 0 Å². The molecule has 0 bridgehead atoms. The number of aliphatic carboxylic acids is 1. The smallest absolute Gasteiger partial charge is 0.550 e. The van der Waals surface area contributed by atoms with Crippen LogP contribution in [0.1, 0.15) is 26.7 Å². The number of rotatable bonds is 5. The predicted molar refractivity (Wildman–Crippen MR) is 77.2 cm³/mol. The first-order valence-corrected chi connectivity index (χ1v) is 6.82. The topological polar surface area (TPSA) is 108 Å². The predicted octanol–water partition coefficient (Wildman–Crippen LogP) is -2.48. The van der Waals surface area contributed by atoms with Gasteiger partial charge in [-0.05, 0) is 24.0 Å². The molecular weight excluding hydrogens is 311 g/mol. The van der Waals surface area contributed by atoms with Crippen LogP contribution in [0.5, 0.6) is 5.75 Å². The number of ether oxygens (including phenoxy) is 1. The zero-order valence-corrected chi connectivity index (χ0v) is 15.4. The standard InChI is InChI=1S/C15H18N2O5.Na/c1-15(2,7-14(20)21)6-12(18)16-9-3-4-10-11(5-9)22-8-13(19)17-10;/h3-5H,6-8H2,1-2H3,(H,16,18)(H,17,19)(H,20,21);/q;+1/p-1. The van der Waals surface area contributed by atoms with Gasteiger partial charge in [-0.1, -0.05) is 13.8 Å². The van der Waals surface area contributed by atoms with Crippen LogP contribution < -0.4 is 50.0 Å². The van der Waals surface area contributed by atoms with E-state index in [9.17, 15) is 19.5 Å². The molecule has 1 aromatic rings. The van der Waals surface area contributed by atoms with E-state index < -0.39 is 11.4 Å². The number of carboxylic acid groups (broad SMARTS) is 1.